The summed E-state index contributed by atoms with van der Waals surface area (Å²) in [5.41, 5.74) is -1.78. The molecule has 0 bridgehead atoms. The number of hydrogen-bond donors (Lipinski definition) is 5. The maximum atomic E-state index is 16.0. The van der Waals surface area contributed by atoms with Crippen LogP contribution in [-0.4, -0.2) is 59.6 Å². The first kappa shape index (κ1) is 44.4. The SMILES string of the molecule is CCCC(CC(=O)NC(=O)c1ccc([SH]2NN(c3ccc(C#N)c(C(F)(F)F)c3)C(=O)C2(C)C)cc1F)N(c1ccccc1)C1Nc2cc(F)cc3c(=O)[nH]nc(c23)C1c1ncnn1C. The first-order valence-corrected chi connectivity index (χ1v) is 21.6. The van der Waals surface area contributed by atoms with Crippen LogP contribution < -0.4 is 30.9 Å². The first-order valence-electron chi connectivity index (χ1n) is 20.2. The average molecular weight is 914 g/mol. The minimum Gasteiger partial charge on any atom is -0.364 e. The Morgan fingerprint density at radius 2 is 1.80 bits per heavy atom. The number of rotatable bonds is 11. The number of hydrogen-bond acceptors (Lipinski definition) is 11. The Labute approximate surface area is 370 Å². The van der Waals surface area contributed by atoms with Crippen LogP contribution in [0.3, 0.4) is 0 Å². The number of aromatic nitrogens is 5. The fraction of sp³-hybridized carbons (Fsp3) is 0.273. The van der Waals surface area contributed by atoms with Crippen molar-refractivity contribution in [1.82, 2.24) is 35.1 Å². The van der Waals surface area contributed by atoms with Gasteiger partial charge in [-0.25, -0.2) is 23.9 Å². The van der Waals surface area contributed by atoms with Gasteiger partial charge in [-0.2, -0.15) is 33.5 Å². The minimum atomic E-state index is -4.87. The first-order chi connectivity index (χ1) is 30.9. The number of alkyl halides is 3. The molecule has 15 nitrogen and oxygen atoms in total. The molecule has 1 saturated heterocycles. The van der Waals surface area contributed by atoms with E-state index >= 15 is 8.78 Å². The molecule has 8 rings (SSSR count). The summed E-state index contributed by atoms with van der Waals surface area (Å²) in [5, 5.41) is 27.6. The lowest BCUT2D eigenvalue weighted by Gasteiger charge is -2.45. The van der Waals surface area contributed by atoms with Gasteiger partial charge in [-0.05, 0) is 80.9 Å². The normalized spacial score (nSPS) is 18.8. The summed E-state index contributed by atoms with van der Waals surface area (Å²) < 4.78 is 72.7. The Morgan fingerprint density at radius 3 is 2.46 bits per heavy atom. The van der Waals surface area contributed by atoms with Crippen molar-refractivity contribution in [3.8, 4) is 6.07 Å². The van der Waals surface area contributed by atoms with Crippen molar-refractivity contribution in [2.45, 2.75) is 74.0 Å². The van der Waals surface area contributed by atoms with E-state index in [1.807, 2.05) is 30.0 Å². The molecule has 2 aliphatic rings. The van der Waals surface area contributed by atoms with Gasteiger partial charge < -0.3 is 10.2 Å². The number of aromatic amines is 1. The number of hydrazine groups is 1. The van der Waals surface area contributed by atoms with Gasteiger partial charge in [0.2, 0.25) is 5.91 Å². The number of anilines is 3. The molecule has 4 atom stereocenters. The molecule has 4 unspecified atom stereocenters. The molecule has 336 valence electrons. The zero-order chi connectivity index (χ0) is 46.5. The van der Waals surface area contributed by atoms with Gasteiger partial charge in [0.05, 0.1) is 44.3 Å². The summed E-state index contributed by atoms with van der Waals surface area (Å²) in [7, 11) is 1.69. The predicted octanol–water partition coefficient (Wildman–Crippen LogP) is 6.73. The van der Waals surface area contributed by atoms with Crippen LogP contribution in [0, 0.1) is 23.0 Å². The maximum Gasteiger partial charge on any atom is 0.417 e. The van der Waals surface area contributed by atoms with Crippen LogP contribution in [0.25, 0.3) is 10.8 Å². The standard InChI is InChI=1S/C44H40F5N11O4S/c1-5-9-26(59(25-10-7-6-8-11-25)39-36(38-51-22-52-58(38)4)37-35-30(41(63)56-55-37)16-24(45)17-33(35)53-39)19-34(61)54-40(62)29-15-14-28(20-32(29)46)65-43(2,3)42(64)60(57-65)27-13-12-23(21-50)31(18-27)44(47,48)49/h6-8,10-18,20,22,26,36,39,53,57,65H,5,9,19H2,1-4H3,(H,56,63)(H,54,61,62). The molecule has 2 aliphatic heterocycles. The topological polar surface area (TPSA) is 194 Å². The number of carbonyl (C=O) groups excluding carboxylic acids is 3. The Kier molecular flexibility index (Phi) is 11.7. The van der Waals surface area contributed by atoms with Gasteiger partial charge in [-0.3, -0.25) is 29.2 Å². The average Bonchev–Trinajstić information content (AvgIpc) is 3.79. The molecule has 3 amide bonds. The number of nitrogens with zero attached hydrogens (tertiary/aromatic N) is 7. The Balaban J connectivity index is 1.07. The largest absolute Gasteiger partial charge is 0.417 e. The Hall–Kier alpha value is -7.18. The van der Waals surface area contributed by atoms with Crippen molar-refractivity contribution in [2.24, 2.45) is 7.05 Å². The monoisotopic (exact) mass is 913 g/mol. The summed E-state index contributed by atoms with van der Waals surface area (Å²) in [4.78, 5) is 63.8. The number of imide groups is 1. The third-order valence-corrected chi connectivity index (χ3v) is 14.0. The zero-order valence-electron chi connectivity index (χ0n) is 35.0. The minimum absolute atomic E-state index is 0.0727. The number of thiol groups is 1. The fourth-order valence-corrected chi connectivity index (χ4v) is 10.6. The van der Waals surface area contributed by atoms with Crippen molar-refractivity contribution in [2.75, 3.05) is 15.2 Å². The lowest BCUT2D eigenvalue weighted by molar-refractivity contribution is -0.137. The van der Waals surface area contributed by atoms with Crippen LogP contribution in [0.4, 0.5) is 39.0 Å². The van der Waals surface area contributed by atoms with E-state index in [0.29, 0.717) is 41.5 Å². The van der Waals surface area contributed by atoms with Gasteiger partial charge in [-0.1, -0.05) is 31.5 Å². The highest BCUT2D eigenvalue weighted by Gasteiger charge is 2.48. The van der Waals surface area contributed by atoms with E-state index in [9.17, 15) is 37.6 Å². The highest BCUT2D eigenvalue weighted by Crippen LogP contribution is 2.52. The highest BCUT2D eigenvalue weighted by atomic mass is 32.2. The number of para-hydroxylation sites is 1. The Morgan fingerprint density at radius 1 is 1.05 bits per heavy atom. The smallest absolute Gasteiger partial charge is 0.364 e. The number of nitrogens with one attached hydrogen (secondary N) is 4. The summed E-state index contributed by atoms with van der Waals surface area (Å²) in [6, 6.07) is 18.8. The van der Waals surface area contributed by atoms with E-state index in [2.05, 4.69) is 35.7 Å². The molecule has 0 radical (unpaired) electrons. The molecule has 0 saturated carbocycles. The van der Waals surface area contributed by atoms with E-state index < -0.39 is 91.7 Å². The number of carbonyl (C=O) groups is 3. The second kappa shape index (κ2) is 17.1. The van der Waals surface area contributed by atoms with Crippen molar-refractivity contribution in [3.63, 3.8) is 0 Å². The highest BCUT2D eigenvalue weighted by molar-refractivity contribution is 8.17. The lowest BCUT2D eigenvalue weighted by atomic mass is 9.88. The van der Waals surface area contributed by atoms with Crippen molar-refractivity contribution in [1.29, 1.82) is 5.26 Å². The van der Waals surface area contributed by atoms with Crippen LogP contribution >= 0.6 is 11.1 Å². The number of halogens is 5. The molecular weight excluding hydrogens is 874 g/mol. The Bertz CT molecular complexity index is 2970. The molecule has 0 spiro atoms. The van der Waals surface area contributed by atoms with E-state index in [4.69, 9.17) is 0 Å². The van der Waals surface area contributed by atoms with E-state index in [-0.39, 0.29) is 28.1 Å². The summed E-state index contributed by atoms with van der Waals surface area (Å²) in [6.45, 7) is 5.03. The summed E-state index contributed by atoms with van der Waals surface area (Å²) in [5.74, 6) is -4.40. The number of benzene rings is 4. The second-order valence-corrected chi connectivity index (χ2v) is 18.5. The van der Waals surface area contributed by atoms with Gasteiger partial charge in [0.1, 0.15) is 35.9 Å². The van der Waals surface area contributed by atoms with Gasteiger partial charge in [0.25, 0.3) is 17.4 Å². The number of H-pyrrole nitrogens is 1. The van der Waals surface area contributed by atoms with Crippen LogP contribution in [0.5, 0.6) is 0 Å². The van der Waals surface area contributed by atoms with E-state index in [1.165, 1.54) is 30.6 Å². The van der Waals surface area contributed by atoms with Gasteiger partial charge in [0, 0.05) is 41.2 Å². The van der Waals surface area contributed by atoms with Crippen molar-refractivity contribution < 1.29 is 36.3 Å². The van der Waals surface area contributed by atoms with Crippen LogP contribution in [-0.2, 0) is 22.8 Å². The van der Waals surface area contributed by atoms with Crippen molar-refractivity contribution in [3.05, 3.63) is 135 Å². The number of nitriles is 1. The third kappa shape index (κ3) is 8.14. The molecule has 21 heteroatoms. The summed E-state index contributed by atoms with van der Waals surface area (Å²) >= 11 is -1.82. The summed E-state index contributed by atoms with van der Waals surface area (Å²) in [6.07, 6.45) is -3.65. The predicted molar refractivity (Wildman–Crippen MR) is 232 cm³/mol. The van der Waals surface area contributed by atoms with Crippen LogP contribution in [0.15, 0.2) is 94.9 Å². The van der Waals surface area contributed by atoms with E-state index in [1.54, 1.807) is 37.7 Å². The quantitative estimate of drug-likeness (QED) is 0.0684. The molecule has 4 aromatic carbocycles. The number of aryl methyl sites for hydroxylation is 1. The molecule has 65 heavy (non-hydrogen) atoms. The second-order valence-electron chi connectivity index (χ2n) is 16.0. The molecule has 2 aromatic heterocycles. The fourth-order valence-electron chi connectivity index (χ4n) is 8.46. The van der Waals surface area contributed by atoms with Gasteiger partial charge >= 0.3 is 6.18 Å². The molecule has 1 fully saturated rings. The zero-order valence-corrected chi connectivity index (χ0v) is 35.9. The van der Waals surface area contributed by atoms with Gasteiger partial charge in [0.15, 0.2) is 0 Å². The molecule has 4 heterocycles. The van der Waals surface area contributed by atoms with Crippen molar-refractivity contribution >= 4 is 56.6 Å². The molecular formula is C44H40F5N11O4S. The molecule has 4 N–H and O–H groups in total. The molecule has 6 aromatic rings. The maximum absolute atomic E-state index is 16.0. The molecule has 0 aliphatic carbocycles. The lowest BCUT2D eigenvalue weighted by Crippen LogP contribution is -2.54. The van der Waals surface area contributed by atoms with Gasteiger partial charge in [-0.15, -0.1) is 11.1 Å². The van der Waals surface area contributed by atoms with Crippen LogP contribution in [0.2, 0.25) is 0 Å². The third-order valence-electron chi connectivity index (χ3n) is 11.5. The van der Waals surface area contributed by atoms with E-state index in [0.717, 1.165) is 29.3 Å². The number of amides is 3. The van der Waals surface area contributed by atoms with Crippen LogP contribution in [0.1, 0.15) is 79.0 Å².